The topological polar surface area (TPSA) is 47.9 Å². The van der Waals surface area contributed by atoms with Crippen molar-refractivity contribution in [3.63, 3.8) is 0 Å². The molecule has 1 atom stereocenters. The van der Waals surface area contributed by atoms with Crippen LogP contribution in [0.3, 0.4) is 0 Å². The lowest BCUT2D eigenvalue weighted by molar-refractivity contribution is 0.162. The summed E-state index contributed by atoms with van der Waals surface area (Å²) in [6.45, 7) is 9.52. The highest BCUT2D eigenvalue weighted by atomic mass is 16.5. The standard InChI is InChI=1S/C17H28O4/c1-5-9-10-14(18)13-11-15(19-6-2)17(21-8-4)16(12-13)20-7-3/h11-12,14,18H,5-10H2,1-4H3. The second-order valence-corrected chi connectivity index (χ2v) is 4.80. The SMILES string of the molecule is CCCCC(O)c1cc(OCC)c(OCC)c(OCC)c1. The predicted molar refractivity (Wildman–Crippen MR) is 84.4 cm³/mol. The van der Waals surface area contributed by atoms with Gasteiger partial charge in [-0.25, -0.2) is 0 Å². The molecule has 0 spiro atoms. The second-order valence-electron chi connectivity index (χ2n) is 4.80. The lowest BCUT2D eigenvalue weighted by Gasteiger charge is -2.19. The summed E-state index contributed by atoms with van der Waals surface area (Å²) in [4.78, 5) is 0. The van der Waals surface area contributed by atoms with Crippen LogP contribution in [0.15, 0.2) is 12.1 Å². The van der Waals surface area contributed by atoms with Crippen LogP contribution in [0.1, 0.15) is 58.6 Å². The molecule has 1 aromatic carbocycles. The third kappa shape index (κ3) is 5.12. The van der Waals surface area contributed by atoms with E-state index in [0.29, 0.717) is 37.1 Å². The Balaban J connectivity index is 3.14. The highest BCUT2D eigenvalue weighted by molar-refractivity contribution is 5.54. The van der Waals surface area contributed by atoms with Crippen LogP contribution in [-0.2, 0) is 0 Å². The zero-order chi connectivity index (χ0) is 15.7. The Kier molecular flexibility index (Phi) is 7.98. The normalized spacial score (nSPS) is 12.0. The molecule has 1 aromatic rings. The Bertz CT molecular complexity index is 390. The van der Waals surface area contributed by atoms with Crippen molar-refractivity contribution in [1.29, 1.82) is 0 Å². The van der Waals surface area contributed by atoms with Crippen molar-refractivity contribution in [2.24, 2.45) is 0 Å². The van der Waals surface area contributed by atoms with E-state index in [1.165, 1.54) is 0 Å². The number of ether oxygens (including phenoxy) is 3. The molecule has 1 rings (SSSR count). The Morgan fingerprint density at radius 1 is 0.905 bits per heavy atom. The quantitative estimate of drug-likeness (QED) is 0.706. The van der Waals surface area contributed by atoms with Crippen molar-refractivity contribution >= 4 is 0 Å². The van der Waals surface area contributed by atoms with Crippen LogP contribution in [-0.4, -0.2) is 24.9 Å². The zero-order valence-corrected chi connectivity index (χ0v) is 13.6. The molecule has 1 unspecified atom stereocenters. The Morgan fingerprint density at radius 2 is 1.43 bits per heavy atom. The van der Waals surface area contributed by atoms with Gasteiger partial charge >= 0.3 is 0 Å². The molecular weight excluding hydrogens is 268 g/mol. The molecule has 0 amide bonds. The minimum atomic E-state index is -0.501. The molecule has 0 aliphatic heterocycles. The average molecular weight is 296 g/mol. The van der Waals surface area contributed by atoms with Gasteiger partial charge in [-0.1, -0.05) is 19.8 Å². The van der Waals surface area contributed by atoms with E-state index in [0.717, 1.165) is 24.8 Å². The van der Waals surface area contributed by atoms with Crippen LogP contribution in [0.25, 0.3) is 0 Å². The van der Waals surface area contributed by atoms with Crippen molar-refractivity contribution in [2.75, 3.05) is 19.8 Å². The van der Waals surface area contributed by atoms with Crippen LogP contribution in [0.2, 0.25) is 0 Å². The largest absolute Gasteiger partial charge is 0.490 e. The van der Waals surface area contributed by atoms with E-state index >= 15 is 0 Å². The fourth-order valence-corrected chi connectivity index (χ4v) is 2.17. The number of benzene rings is 1. The Labute approximate surface area is 128 Å². The number of hydrogen-bond acceptors (Lipinski definition) is 4. The summed E-state index contributed by atoms with van der Waals surface area (Å²) >= 11 is 0. The maximum Gasteiger partial charge on any atom is 0.203 e. The summed E-state index contributed by atoms with van der Waals surface area (Å²) in [5.74, 6) is 1.89. The minimum absolute atomic E-state index is 0.501. The molecule has 0 aromatic heterocycles. The highest BCUT2D eigenvalue weighted by Crippen LogP contribution is 2.41. The van der Waals surface area contributed by atoms with Crippen LogP contribution in [0.5, 0.6) is 17.2 Å². The summed E-state index contributed by atoms with van der Waals surface area (Å²) in [5.41, 5.74) is 0.818. The summed E-state index contributed by atoms with van der Waals surface area (Å²) in [6, 6.07) is 3.72. The Hall–Kier alpha value is -1.42. The summed E-state index contributed by atoms with van der Waals surface area (Å²) in [7, 11) is 0. The van der Waals surface area contributed by atoms with Gasteiger partial charge in [0.05, 0.1) is 25.9 Å². The molecule has 0 saturated carbocycles. The molecule has 0 bridgehead atoms. The second kappa shape index (κ2) is 9.50. The van der Waals surface area contributed by atoms with Crippen molar-refractivity contribution < 1.29 is 19.3 Å². The number of aliphatic hydroxyl groups is 1. The van der Waals surface area contributed by atoms with E-state index in [9.17, 15) is 5.11 Å². The van der Waals surface area contributed by atoms with E-state index in [1.807, 2.05) is 32.9 Å². The number of aliphatic hydroxyl groups excluding tert-OH is 1. The van der Waals surface area contributed by atoms with Crippen LogP contribution in [0.4, 0.5) is 0 Å². The molecule has 0 aliphatic carbocycles. The van der Waals surface area contributed by atoms with E-state index < -0.39 is 6.10 Å². The average Bonchev–Trinajstić information content (AvgIpc) is 2.48. The van der Waals surface area contributed by atoms with Gasteiger partial charge in [0.15, 0.2) is 11.5 Å². The minimum Gasteiger partial charge on any atom is -0.490 e. The van der Waals surface area contributed by atoms with E-state index in [2.05, 4.69) is 6.92 Å². The maximum atomic E-state index is 10.3. The third-order valence-electron chi connectivity index (χ3n) is 3.15. The molecule has 0 radical (unpaired) electrons. The first-order valence-electron chi connectivity index (χ1n) is 7.92. The van der Waals surface area contributed by atoms with Gasteiger partial charge in [0, 0.05) is 0 Å². The highest BCUT2D eigenvalue weighted by Gasteiger charge is 2.18. The van der Waals surface area contributed by atoms with Crippen molar-refractivity contribution in [2.45, 2.75) is 53.1 Å². The first-order valence-corrected chi connectivity index (χ1v) is 7.92. The molecular formula is C17H28O4. The lowest BCUT2D eigenvalue weighted by Crippen LogP contribution is -2.05. The van der Waals surface area contributed by atoms with Gasteiger partial charge in [0.25, 0.3) is 0 Å². The summed E-state index contributed by atoms with van der Waals surface area (Å²) in [6.07, 6.45) is 2.29. The summed E-state index contributed by atoms with van der Waals surface area (Å²) in [5, 5.41) is 10.3. The van der Waals surface area contributed by atoms with Gasteiger partial charge in [-0.05, 0) is 44.9 Å². The van der Waals surface area contributed by atoms with Gasteiger partial charge in [-0.15, -0.1) is 0 Å². The van der Waals surface area contributed by atoms with Gasteiger partial charge < -0.3 is 19.3 Å². The van der Waals surface area contributed by atoms with E-state index in [4.69, 9.17) is 14.2 Å². The fourth-order valence-electron chi connectivity index (χ4n) is 2.17. The predicted octanol–water partition coefficient (Wildman–Crippen LogP) is 4.11. The smallest absolute Gasteiger partial charge is 0.203 e. The first kappa shape index (κ1) is 17.6. The molecule has 1 N–H and O–H groups in total. The zero-order valence-electron chi connectivity index (χ0n) is 13.6. The third-order valence-corrected chi connectivity index (χ3v) is 3.15. The molecule has 0 saturated heterocycles. The van der Waals surface area contributed by atoms with Crippen molar-refractivity contribution in [3.05, 3.63) is 17.7 Å². The Morgan fingerprint density at radius 3 is 1.86 bits per heavy atom. The van der Waals surface area contributed by atoms with Gasteiger partial charge in [0.2, 0.25) is 5.75 Å². The number of hydrogen-bond donors (Lipinski definition) is 1. The summed E-state index contributed by atoms with van der Waals surface area (Å²) < 4.78 is 17.0. The molecule has 120 valence electrons. The van der Waals surface area contributed by atoms with Gasteiger partial charge in [0.1, 0.15) is 0 Å². The van der Waals surface area contributed by atoms with Crippen LogP contribution >= 0.6 is 0 Å². The van der Waals surface area contributed by atoms with Crippen LogP contribution in [0, 0.1) is 0 Å². The molecule has 21 heavy (non-hydrogen) atoms. The fraction of sp³-hybridized carbons (Fsp3) is 0.647. The molecule has 4 nitrogen and oxygen atoms in total. The van der Waals surface area contributed by atoms with Gasteiger partial charge in [-0.3, -0.25) is 0 Å². The molecule has 0 heterocycles. The lowest BCUT2D eigenvalue weighted by atomic mass is 10.0. The van der Waals surface area contributed by atoms with E-state index in [-0.39, 0.29) is 0 Å². The molecule has 0 aliphatic rings. The van der Waals surface area contributed by atoms with Gasteiger partial charge in [-0.2, -0.15) is 0 Å². The van der Waals surface area contributed by atoms with E-state index in [1.54, 1.807) is 0 Å². The monoisotopic (exact) mass is 296 g/mol. The number of rotatable bonds is 10. The molecule has 0 fully saturated rings. The molecule has 4 heteroatoms. The first-order chi connectivity index (χ1) is 10.2. The maximum absolute atomic E-state index is 10.3. The van der Waals surface area contributed by atoms with Crippen molar-refractivity contribution in [3.8, 4) is 17.2 Å². The van der Waals surface area contributed by atoms with Crippen molar-refractivity contribution in [1.82, 2.24) is 0 Å². The number of unbranched alkanes of at least 4 members (excludes halogenated alkanes) is 1. The van der Waals surface area contributed by atoms with Crippen LogP contribution < -0.4 is 14.2 Å².